The number of nitrogens with one attached hydrogen (secondary N) is 1. The fourth-order valence-corrected chi connectivity index (χ4v) is 2.62. The zero-order valence-electron chi connectivity index (χ0n) is 12.9. The molecule has 0 bridgehead atoms. The maximum atomic E-state index is 12.1. The average Bonchev–Trinajstić information content (AvgIpc) is 2.39. The van der Waals surface area contributed by atoms with E-state index in [1.807, 2.05) is 6.92 Å². The predicted molar refractivity (Wildman–Crippen MR) is 80.1 cm³/mol. The first-order chi connectivity index (χ1) is 10.1. The van der Waals surface area contributed by atoms with Gasteiger partial charge in [-0.15, -0.1) is 0 Å². The van der Waals surface area contributed by atoms with Crippen LogP contribution in [0.25, 0.3) is 0 Å². The van der Waals surface area contributed by atoms with Crippen LogP contribution in [-0.2, 0) is 4.79 Å². The molecule has 1 atom stereocenters. The summed E-state index contributed by atoms with van der Waals surface area (Å²) in [7, 11) is 0. The van der Waals surface area contributed by atoms with E-state index in [1.54, 1.807) is 4.90 Å². The van der Waals surface area contributed by atoms with Crippen molar-refractivity contribution in [1.29, 1.82) is 0 Å². The molecule has 21 heavy (non-hydrogen) atoms. The summed E-state index contributed by atoms with van der Waals surface area (Å²) in [5, 5.41) is 20.6. The first-order valence-electron chi connectivity index (χ1n) is 7.95. The van der Waals surface area contributed by atoms with Crippen molar-refractivity contribution in [2.24, 2.45) is 5.92 Å². The number of carboxylic acid groups (broad SMARTS) is 1. The summed E-state index contributed by atoms with van der Waals surface area (Å²) in [4.78, 5) is 24.4. The molecular weight excluding hydrogens is 272 g/mol. The van der Waals surface area contributed by atoms with E-state index in [4.69, 9.17) is 10.2 Å². The van der Waals surface area contributed by atoms with Gasteiger partial charge in [0.05, 0.1) is 6.61 Å². The van der Waals surface area contributed by atoms with Gasteiger partial charge in [0.15, 0.2) is 0 Å². The quantitative estimate of drug-likeness (QED) is 0.574. The van der Waals surface area contributed by atoms with Gasteiger partial charge < -0.3 is 20.4 Å². The largest absolute Gasteiger partial charge is 0.481 e. The Labute approximate surface area is 126 Å². The van der Waals surface area contributed by atoms with Crippen molar-refractivity contribution < 1.29 is 19.8 Å². The topological polar surface area (TPSA) is 89.9 Å². The standard InChI is InChI=1S/C15H28N2O4/c1-2-12(6-7-14(19)20)8-9-16-15(21)17(10-11-18)13-4-3-5-13/h12-13,18H,2-11H2,1H3,(H,16,21)(H,19,20). The zero-order chi connectivity index (χ0) is 15.7. The van der Waals surface area contributed by atoms with Crippen molar-refractivity contribution in [1.82, 2.24) is 10.2 Å². The van der Waals surface area contributed by atoms with Crippen LogP contribution < -0.4 is 5.32 Å². The second-order valence-corrected chi connectivity index (χ2v) is 5.73. The summed E-state index contributed by atoms with van der Waals surface area (Å²) < 4.78 is 0. The first-order valence-corrected chi connectivity index (χ1v) is 7.95. The highest BCUT2D eigenvalue weighted by Gasteiger charge is 2.28. The van der Waals surface area contributed by atoms with Crippen molar-refractivity contribution in [3.8, 4) is 0 Å². The maximum absolute atomic E-state index is 12.1. The van der Waals surface area contributed by atoms with Gasteiger partial charge in [-0.25, -0.2) is 4.79 Å². The lowest BCUT2D eigenvalue weighted by atomic mass is 9.91. The van der Waals surface area contributed by atoms with Crippen molar-refractivity contribution >= 4 is 12.0 Å². The van der Waals surface area contributed by atoms with Crippen molar-refractivity contribution in [2.45, 2.75) is 57.9 Å². The summed E-state index contributed by atoms with van der Waals surface area (Å²) in [6.07, 6.45) is 5.75. The number of hydrogen-bond donors (Lipinski definition) is 3. The number of aliphatic carboxylic acids is 1. The Balaban J connectivity index is 2.27. The number of aliphatic hydroxyl groups is 1. The van der Waals surface area contributed by atoms with Crippen molar-refractivity contribution in [2.75, 3.05) is 19.7 Å². The van der Waals surface area contributed by atoms with E-state index in [-0.39, 0.29) is 25.1 Å². The van der Waals surface area contributed by atoms with Gasteiger partial charge in [0.1, 0.15) is 0 Å². The number of urea groups is 1. The molecule has 0 spiro atoms. The Morgan fingerprint density at radius 1 is 1.33 bits per heavy atom. The van der Waals surface area contributed by atoms with Crippen LogP contribution in [0.2, 0.25) is 0 Å². The number of aliphatic hydroxyl groups excluding tert-OH is 1. The highest BCUT2D eigenvalue weighted by molar-refractivity contribution is 5.74. The predicted octanol–water partition coefficient (Wildman–Crippen LogP) is 1.82. The molecule has 0 aliphatic heterocycles. The fraction of sp³-hybridized carbons (Fsp3) is 0.867. The normalized spacial score (nSPS) is 16.1. The molecule has 1 aliphatic carbocycles. The number of nitrogens with zero attached hydrogens (tertiary/aromatic N) is 1. The molecule has 0 aromatic carbocycles. The molecule has 6 heteroatoms. The SMILES string of the molecule is CCC(CCNC(=O)N(CCO)C1CCC1)CCC(=O)O. The Kier molecular flexibility index (Phi) is 8.12. The smallest absolute Gasteiger partial charge is 0.317 e. The van der Waals surface area contributed by atoms with Crippen LogP contribution in [0.15, 0.2) is 0 Å². The van der Waals surface area contributed by atoms with Crippen molar-refractivity contribution in [3.05, 3.63) is 0 Å². The van der Waals surface area contributed by atoms with Crippen LogP contribution in [0.4, 0.5) is 4.79 Å². The van der Waals surface area contributed by atoms with Gasteiger partial charge in [0.25, 0.3) is 0 Å². The molecule has 1 aliphatic rings. The van der Waals surface area contributed by atoms with E-state index in [0.717, 1.165) is 32.1 Å². The third-order valence-electron chi connectivity index (χ3n) is 4.29. The monoisotopic (exact) mass is 300 g/mol. The molecule has 0 radical (unpaired) electrons. The van der Waals surface area contributed by atoms with Gasteiger partial charge in [0, 0.05) is 25.6 Å². The molecule has 6 nitrogen and oxygen atoms in total. The van der Waals surface area contributed by atoms with Crippen LogP contribution in [0.5, 0.6) is 0 Å². The lowest BCUT2D eigenvalue weighted by Gasteiger charge is -2.37. The third-order valence-corrected chi connectivity index (χ3v) is 4.29. The molecule has 122 valence electrons. The number of carbonyl (C=O) groups is 2. The minimum atomic E-state index is -0.767. The fourth-order valence-electron chi connectivity index (χ4n) is 2.62. The minimum Gasteiger partial charge on any atom is -0.481 e. The molecule has 0 heterocycles. The summed E-state index contributed by atoms with van der Waals surface area (Å²) in [5.41, 5.74) is 0. The molecule has 0 saturated heterocycles. The highest BCUT2D eigenvalue weighted by atomic mass is 16.4. The minimum absolute atomic E-state index is 0.0138. The molecule has 0 aromatic rings. The van der Waals surface area contributed by atoms with Crippen LogP contribution in [0.1, 0.15) is 51.9 Å². The average molecular weight is 300 g/mol. The molecule has 2 amide bonds. The Morgan fingerprint density at radius 3 is 2.52 bits per heavy atom. The van der Waals surface area contributed by atoms with Crippen LogP contribution >= 0.6 is 0 Å². The molecule has 1 rings (SSSR count). The van der Waals surface area contributed by atoms with E-state index >= 15 is 0 Å². The zero-order valence-corrected chi connectivity index (χ0v) is 12.9. The lowest BCUT2D eigenvalue weighted by molar-refractivity contribution is -0.137. The van der Waals surface area contributed by atoms with E-state index < -0.39 is 5.97 Å². The number of carboxylic acids is 1. The number of rotatable bonds is 10. The highest BCUT2D eigenvalue weighted by Crippen LogP contribution is 2.24. The Bertz CT molecular complexity index is 332. The molecule has 3 N–H and O–H groups in total. The van der Waals surface area contributed by atoms with Gasteiger partial charge in [-0.05, 0) is 38.0 Å². The van der Waals surface area contributed by atoms with Crippen LogP contribution in [-0.4, -0.2) is 52.9 Å². The van der Waals surface area contributed by atoms with E-state index in [2.05, 4.69) is 5.32 Å². The van der Waals surface area contributed by atoms with Gasteiger partial charge >= 0.3 is 12.0 Å². The van der Waals surface area contributed by atoms with Gasteiger partial charge in [0.2, 0.25) is 0 Å². The molecule has 1 unspecified atom stereocenters. The number of carbonyl (C=O) groups excluding carboxylic acids is 1. The molecular formula is C15H28N2O4. The van der Waals surface area contributed by atoms with E-state index in [0.29, 0.717) is 25.4 Å². The number of hydrogen-bond acceptors (Lipinski definition) is 3. The summed E-state index contributed by atoms with van der Waals surface area (Å²) in [5.74, 6) is -0.437. The second-order valence-electron chi connectivity index (χ2n) is 5.73. The number of amides is 2. The van der Waals surface area contributed by atoms with Crippen LogP contribution in [0.3, 0.4) is 0 Å². The maximum Gasteiger partial charge on any atom is 0.317 e. The van der Waals surface area contributed by atoms with E-state index in [1.165, 1.54) is 0 Å². The molecule has 0 aromatic heterocycles. The van der Waals surface area contributed by atoms with Gasteiger partial charge in [-0.3, -0.25) is 4.79 Å². The Hall–Kier alpha value is -1.30. The lowest BCUT2D eigenvalue weighted by Crippen LogP contribution is -2.50. The van der Waals surface area contributed by atoms with Gasteiger partial charge in [-0.1, -0.05) is 13.3 Å². The molecule has 1 saturated carbocycles. The van der Waals surface area contributed by atoms with Crippen molar-refractivity contribution in [3.63, 3.8) is 0 Å². The Morgan fingerprint density at radius 2 is 2.05 bits per heavy atom. The van der Waals surface area contributed by atoms with Crippen LogP contribution in [0, 0.1) is 5.92 Å². The third kappa shape index (κ3) is 6.33. The first kappa shape index (κ1) is 17.8. The molecule has 1 fully saturated rings. The summed E-state index contributed by atoms with van der Waals surface area (Å²) in [6, 6.07) is 0.160. The van der Waals surface area contributed by atoms with E-state index in [9.17, 15) is 9.59 Å². The summed E-state index contributed by atoms with van der Waals surface area (Å²) >= 11 is 0. The summed E-state index contributed by atoms with van der Waals surface area (Å²) in [6.45, 7) is 2.97. The second kappa shape index (κ2) is 9.60. The van der Waals surface area contributed by atoms with Gasteiger partial charge in [-0.2, -0.15) is 0 Å².